The highest BCUT2D eigenvalue weighted by Crippen LogP contribution is 2.37. The number of anilines is 4. The van der Waals surface area contributed by atoms with Crippen LogP contribution < -0.4 is 16.4 Å². The first-order chi connectivity index (χ1) is 19.1. The van der Waals surface area contributed by atoms with Crippen LogP contribution >= 0.6 is 22.9 Å². The van der Waals surface area contributed by atoms with Gasteiger partial charge in [-0.05, 0) is 63.9 Å². The van der Waals surface area contributed by atoms with Gasteiger partial charge in [0.1, 0.15) is 12.1 Å². The molecule has 0 bridgehead atoms. The van der Waals surface area contributed by atoms with E-state index >= 15 is 0 Å². The molecule has 0 radical (unpaired) electrons. The first-order valence-corrected chi connectivity index (χ1v) is 14.4. The number of aryl methyl sites for hydroxylation is 1. The lowest BCUT2D eigenvalue weighted by molar-refractivity contribution is 0.102. The molecule has 0 fully saturated rings. The van der Waals surface area contributed by atoms with Crippen molar-refractivity contribution in [1.29, 1.82) is 0 Å². The smallest absolute Gasteiger partial charge is 0.258 e. The number of carbonyl (C=O) groups is 1. The number of nitrogens with zero attached hydrogens (tertiary/aromatic N) is 4. The van der Waals surface area contributed by atoms with Crippen molar-refractivity contribution in [3.8, 4) is 0 Å². The summed E-state index contributed by atoms with van der Waals surface area (Å²) < 4.78 is 0.852. The van der Waals surface area contributed by atoms with Crippen molar-refractivity contribution in [2.75, 3.05) is 16.4 Å². The predicted molar refractivity (Wildman–Crippen MR) is 167 cm³/mol. The van der Waals surface area contributed by atoms with E-state index in [4.69, 9.17) is 17.3 Å². The lowest BCUT2D eigenvalue weighted by Gasteiger charge is -2.31. The second-order valence-corrected chi connectivity index (χ2v) is 11.7. The van der Waals surface area contributed by atoms with Crippen molar-refractivity contribution in [3.63, 3.8) is 0 Å². The van der Waals surface area contributed by atoms with E-state index in [1.54, 1.807) is 17.8 Å². The molecule has 8 nitrogen and oxygen atoms in total. The van der Waals surface area contributed by atoms with Gasteiger partial charge in [-0.2, -0.15) is 0 Å². The van der Waals surface area contributed by atoms with Crippen LogP contribution in [0.15, 0.2) is 54.4 Å². The molecule has 5 rings (SSSR count). The molecule has 4 N–H and O–H groups in total. The fourth-order valence-corrected chi connectivity index (χ4v) is 5.96. The monoisotopic (exact) mass is 573 g/mol. The first-order valence-electron chi connectivity index (χ1n) is 13.1. The third-order valence-corrected chi connectivity index (χ3v) is 8.27. The van der Waals surface area contributed by atoms with E-state index in [2.05, 4.69) is 64.2 Å². The Morgan fingerprint density at radius 3 is 2.62 bits per heavy atom. The van der Waals surface area contributed by atoms with E-state index in [1.165, 1.54) is 17.7 Å². The maximum Gasteiger partial charge on any atom is 0.258 e. The topological polar surface area (TPSA) is 109 Å². The van der Waals surface area contributed by atoms with Gasteiger partial charge in [-0.15, -0.1) is 11.3 Å². The van der Waals surface area contributed by atoms with Crippen molar-refractivity contribution in [2.24, 2.45) is 0 Å². The molecule has 10 heteroatoms. The van der Waals surface area contributed by atoms with Gasteiger partial charge in [0.2, 0.25) is 0 Å². The third-order valence-electron chi connectivity index (χ3n) is 7.00. The van der Waals surface area contributed by atoms with Crippen molar-refractivity contribution < 1.29 is 4.79 Å². The highest BCUT2D eigenvalue weighted by Gasteiger charge is 2.19. The number of thiophene rings is 1. The number of nitrogens with one attached hydrogen (secondary N) is 2. The van der Waals surface area contributed by atoms with Crippen LogP contribution in [0.1, 0.15) is 49.2 Å². The maximum absolute atomic E-state index is 13.4. The predicted octanol–water partition coefficient (Wildman–Crippen LogP) is 7.40. The van der Waals surface area contributed by atoms with Crippen LogP contribution in [0.3, 0.4) is 0 Å². The van der Waals surface area contributed by atoms with Crippen molar-refractivity contribution >= 4 is 72.7 Å². The van der Waals surface area contributed by atoms with Gasteiger partial charge in [-0.3, -0.25) is 9.69 Å². The number of fused-ring (bicyclic) bond motifs is 2. The molecule has 5 aromatic rings. The average Bonchev–Trinajstić information content (AvgIpc) is 3.35. The number of pyridine rings is 1. The lowest BCUT2D eigenvalue weighted by Crippen LogP contribution is -2.36. The summed E-state index contributed by atoms with van der Waals surface area (Å²) >= 11 is 8.03. The van der Waals surface area contributed by atoms with Gasteiger partial charge >= 0.3 is 0 Å². The van der Waals surface area contributed by atoms with Gasteiger partial charge in [0.25, 0.3) is 5.91 Å². The Morgan fingerprint density at radius 2 is 1.88 bits per heavy atom. The quantitative estimate of drug-likeness (QED) is 0.177. The van der Waals surface area contributed by atoms with Gasteiger partial charge in [-0.1, -0.05) is 23.7 Å². The SMILES string of the molecule is Cc1ccc2c(Nc3ccc(Cl)c(CN(C(C)C)C(C)C)c3)ncc(N)c2c1NC(=O)c1csc2cncnc12. The number of amides is 1. The minimum Gasteiger partial charge on any atom is -0.397 e. The van der Waals surface area contributed by atoms with Crippen LogP contribution in [-0.4, -0.2) is 37.8 Å². The Bertz CT molecular complexity index is 1710. The Balaban J connectivity index is 1.50. The van der Waals surface area contributed by atoms with Crippen LogP contribution in [0.4, 0.5) is 22.9 Å². The minimum atomic E-state index is -0.256. The van der Waals surface area contributed by atoms with Crippen LogP contribution in [0.5, 0.6) is 0 Å². The zero-order valence-corrected chi connectivity index (χ0v) is 24.7. The van der Waals surface area contributed by atoms with E-state index in [9.17, 15) is 4.79 Å². The second kappa shape index (κ2) is 11.4. The molecule has 3 aromatic heterocycles. The molecular formula is C30H32ClN7OS. The number of hydrogen-bond acceptors (Lipinski definition) is 8. The molecule has 0 aliphatic heterocycles. The Labute approximate surface area is 242 Å². The van der Waals surface area contributed by atoms with Gasteiger partial charge in [0.15, 0.2) is 0 Å². The minimum absolute atomic E-state index is 0.256. The zero-order valence-electron chi connectivity index (χ0n) is 23.1. The molecule has 40 heavy (non-hydrogen) atoms. The molecule has 0 atom stereocenters. The number of carbonyl (C=O) groups excluding carboxylic acids is 1. The van der Waals surface area contributed by atoms with E-state index in [1.807, 2.05) is 31.2 Å². The Hall–Kier alpha value is -3.79. The number of nitrogen functional groups attached to an aromatic ring is 1. The van der Waals surface area contributed by atoms with Gasteiger partial charge < -0.3 is 16.4 Å². The van der Waals surface area contributed by atoms with Crippen LogP contribution in [0, 0.1) is 6.92 Å². The summed E-state index contributed by atoms with van der Waals surface area (Å²) in [5.41, 5.74) is 11.5. The fourth-order valence-electron chi connectivity index (χ4n) is 4.93. The number of aromatic nitrogens is 3. The van der Waals surface area contributed by atoms with Gasteiger partial charge in [0.05, 0.1) is 33.4 Å². The molecule has 1 amide bonds. The number of halogens is 1. The summed E-state index contributed by atoms with van der Waals surface area (Å²) in [6.07, 6.45) is 4.77. The molecular weight excluding hydrogens is 542 g/mol. The Morgan fingerprint density at radius 1 is 1.10 bits per heavy atom. The molecule has 206 valence electrons. The first kappa shape index (κ1) is 27.8. The van der Waals surface area contributed by atoms with Crippen LogP contribution in [-0.2, 0) is 6.54 Å². The largest absolute Gasteiger partial charge is 0.397 e. The van der Waals surface area contributed by atoms with E-state index in [-0.39, 0.29) is 5.91 Å². The molecule has 0 saturated carbocycles. The van der Waals surface area contributed by atoms with E-state index in [0.717, 1.165) is 43.9 Å². The highest BCUT2D eigenvalue weighted by atomic mass is 35.5. The number of hydrogen-bond donors (Lipinski definition) is 3. The molecule has 3 heterocycles. The summed E-state index contributed by atoms with van der Waals surface area (Å²) in [4.78, 5) is 28.7. The number of nitrogens with two attached hydrogens (primary N) is 1. The average molecular weight is 574 g/mol. The molecule has 2 aromatic carbocycles. The summed E-state index contributed by atoms with van der Waals surface area (Å²) in [6, 6.07) is 10.6. The van der Waals surface area contributed by atoms with E-state index < -0.39 is 0 Å². The van der Waals surface area contributed by atoms with Gasteiger partial charge in [-0.25, -0.2) is 15.0 Å². The normalized spacial score (nSPS) is 11.7. The lowest BCUT2D eigenvalue weighted by atomic mass is 10.0. The third kappa shape index (κ3) is 5.45. The summed E-state index contributed by atoms with van der Waals surface area (Å²) in [7, 11) is 0. The van der Waals surface area contributed by atoms with Gasteiger partial charge in [0, 0.05) is 51.7 Å². The number of rotatable bonds is 8. The zero-order chi connectivity index (χ0) is 28.6. The fraction of sp³-hybridized carbons (Fsp3) is 0.267. The van der Waals surface area contributed by atoms with Crippen LogP contribution in [0.2, 0.25) is 5.02 Å². The van der Waals surface area contributed by atoms with E-state index in [0.29, 0.717) is 40.4 Å². The highest BCUT2D eigenvalue weighted by molar-refractivity contribution is 7.17. The Kier molecular flexibility index (Phi) is 7.89. The summed E-state index contributed by atoms with van der Waals surface area (Å²) in [5, 5.41) is 10.6. The summed E-state index contributed by atoms with van der Waals surface area (Å²) in [5.74, 6) is 0.375. The molecule has 0 aliphatic carbocycles. The van der Waals surface area contributed by atoms with Crippen molar-refractivity contribution in [3.05, 3.63) is 76.1 Å². The molecule has 0 saturated heterocycles. The maximum atomic E-state index is 13.4. The van der Waals surface area contributed by atoms with Crippen molar-refractivity contribution in [2.45, 2.75) is 53.2 Å². The van der Waals surface area contributed by atoms with Crippen LogP contribution in [0.25, 0.3) is 21.0 Å². The molecule has 0 aliphatic rings. The number of benzene rings is 2. The molecule has 0 unspecified atom stereocenters. The standard InChI is InChI=1S/C30H32ClN7OS/c1-16(2)38(17(3)4)13-19-10-20(7-9-23(19)31)36-29-21-8-6-18(5)27(26(21)24(32)11-34-29)37-30(39)22-14-40-25-12-33-15-35-28(22)25/h6-12,14-17H,13,32H2,1-5H3,(H,34,36)(H,37,39). The summed E-state index contributed by atoms with van der Waals surface area (Å²) in [6.45, 7) is 11.4. The van der Waals surface area contributed by atoms with Crippen molar-refractivity contribution in [1.82, 2.24) is 19.9 Å². The molecule has 0 spiro atoms. The second-order valence-electron chi connectivity index (χ2n) is 10.4.